The van der Waals surface area contributed by atoms with Crippen LogP contribution in [0.1, 0.15) is 22.3 Å². The van der Waals surface area contributed by atoms with Crippen molar-refractivity contribution in [3.05, 3.63) is 112 Å². The van der Waals surface area contributed by atoms with Crippen LogP contribution in [0.3, 0.4) is 0 Å². The number of benzene rings is 4. The molecule has 0 bridgehead atoms. The monoisotopic (exact) mass is 434 g/mol. The van der Waals surface area contributed by atoms with Crippen LogP contribution in [0.15, 0.2) is 66.7 Å². The summed E-state index contributed by atoms with van der Waals surface area (Å²) in [6.07, 6.45) is 0.898. The van der Waals surface area contributed by atoms with Crippen LogP contribution in [-0.2, 0) is 12.8 Å². The molecule has 4 rings (SSSR count). The number of rotatable bonds is 4. The summed E-state index contributed by atoms with van der Waals surface area (Å²) in [7, 11) is 1.47. The second-order valence-corrected chi connectivity index (χ2v) is 7.32. The predicted molar refractivity (Wildman–Crippen MR) is 117 cm³/mol. The second-order valence-electron chi connectivity index (χ2n) is 7.32. The van der Waals surface area contributed by atoms with Gasteiger partial charge >= 0.3 is 0 Å². The van der Waals surface area contributed by atoms with Gasteiger partial charge < -0.3 is 4.74 Å². The van der Waals surface area contributed by atoms with Gasteiger partial charge in [0.15, 0.2) is 11.6 Å². The summed E-state index contributed by atoms with van der Waals surface area (Å²) in [6, 6.07) is 16.6. The molecule has 0 aromatic heterocycles. The number of ether oxygens (including phenoxy) is 1. The molecule has 1 nitrogen and oxygen atoms in total. The lowest BCUT2D eigenvalue weighted by molar-refractivity contribution is 0.410. The lowest BCUT2D eigenvalue weighted by atomic mass is 10.0. The van der Waals surface area contributed by atoms with Gasteiger partial charge in [0, 0.05) is 17.0 Å². The number of hydrogen-bond acceptors (Lipinski definition) is 1. The highest BCUT2D eigenvalue weighted by atomic mass is 19.2. The Kier molecular flexibility index (Phi) is 6.13. The molecule has 4 aromatic carbocycles. The molecule has 0 saturated heterocycles. The van der Waals surface area contributed by atoms with E-state index in [-0.39, 0.29) is 16.8 Å². The molecule has 4 aromatic rings. The summed E-state index contributed by atoms with van der Waals surface area (Å²) in [5, 5.41) is 0.677. The zero-order valence-corrected chi connectivity index (χ0v) is 17.2. The van der Waals surface area contributed by atoms with Crippen molar-refractivity contribution in [2.24, 2.45) is 0 Å². The maximum Gasteiger partial charge on any atom is 0.166 e. The minimum Gasteiger partial charge on any atom is -0.497 e. The molecule has 0 heterocycles. The van der Waals surface area contributed by atoms with Crippen molar-refractivity contribution in [3.8, 4) is 17.6 Å². The molecule has 0 atom stereocenters. The maximum absolute atomic E-state index is 14.5. The van der Waals surface area contributed by atoms with Crippen LogP contribution in [0.4, 0.5) is 17.6 Å². The number of methoxy groups -OCH3 is 1. The van der Waals surface area contributed by atoms with Gasteiger partial charge in [-0.15, -0.1) is 0 Å². The van der Waals surface area contributed by atoms with Crippen molar-refractivity contribution in [2.75, 3.05) is 7.11 Å². The third-order valence-corrected chi connectivity index (χ3v) is 5.23. The highest BCUT2D eigenvalue weighted by Crippen LogP contribution is 2.22. The average molecular weight is 434 g/mol. The molecule has 160 valence electrons. The first-order valence-electron chi connectivity index (χ1n) is 9.95. The van der Waals surface area contributed by atoms with Crippen LogP contribution < -0.4 is 4.74 Å². The fraction of sp³-hybridized carbons (Fsp3) is 0.111. The van der Waals surface area contributed by atoms with Gasteiger partial charge in [0.1, 0.15) is 17.4 Å². The predicted octanol–water partition coefficient (Wildman–Crippen LogP) is 6.59. The highest BCUT2D eigenvalue weighted by molar-refractivity contribution is 5.84. The van der Waals surface area contributed by atoms with Crippen molar-refractivity contribution in [1.29, 1.82) is 0 Å². The van der Waals surface area contributed by atoms with Gasteiger partial charge in [0.05, 0.1) is 12.7 Å². The maximum atomic E-state index is 14.5. The minimum absolute atomic E-state index is 0.166. The van der Waals surface area contributed by atoms with Gasteiger partial charge in [0.25, 0.3) is 0 Å². The standard InChI is InChI=1S/C27H18F4O/c1-32-22-11-9-20(26(30)16-22)8-4-18-3-7-19(25(29)15-18)6-2-17-5-12-23-21(14-17)10-13-24(28)27(23)31/h3,5,7,9-16H,4,8H2,1H3. The Morgan fingerprint density at radius 2 is 1.56 bits per heavy atom. The van der Waals surface area contributed by atoms with Gasteiger partial charge in [-0.1, -0.05) is 36.1 Å². The van der Waals surface area contributed by atoms with Crippen LogP contribution >= 0.6 is 0 Å². The Balaban J connectivity index is 1.49. The third-order valence-electron chi connectivity index (χ3n) is 5.23. The Morgan fingerprint density at radius 1 is 0.719 bits per heavy atom. The molecule has 0 saturated carbocycles. The molecule has 5 heteroatoms. The Bertz CT molecular complexity index is 1370. The smallest absolute Gasteiger partial charge is 0.166 e. The largest absolute Gasteiger partial charge is 0.497 e. The fourth-order valence-corrected chi connectivity index (χ4v) is 3.43. The summed E-state index contributed by atoms with van der Waals surface area (Å²) >= 11 is 0. The van der Waals surface area contributed by atoms with Crippen molar-refractivity contribution >= 4 is 10.8 Å². The molecular weight excluding hydrogens is 416 g/mol. The number of hydrogen-bond donors (Lipinski definition) is 0. The summed E-state index contributed by atoms with van der Waals surface area (Å²) < 4.78 is 60.7. The normalized spacial score (nSPS) is 10.7. The lowest BCUT2D eigenvalue weighted by Gasteiger charge is -2.06. The molecule has 0 aliphatic rings. The van der Waals surface area contributed by atoms with Gasteiger partial charge in [-0.2, -0.15) is 0 Å². The van der Waals surface area contributed by atoms with E-state index in [1.165, 1.54) is 31.4 Å². The van der Waals surface area contributed by atoms with E-state index in [9.17, 15) is 17.6 Å². The van der Waals surface area contributed by atoms with Crippen molar-refractivity contribution in [3.63, 3.8) is 0 Å². The summed E-state index contributed by atoms with van der Waals surface area (Å²) in [4.78, 5) is 0. The Morgan fingerprint density at radius 3 is 2.31 bits per heavy atom. The van der Waals surface area contributed by atoms with Crippen LogP contribution in [-0.4, -0.2) is 7.11 Å². The topological polar surface area (TPSA) is 9.23 Å². The zero-order valence-electron chi connectivity index (χ0n) is 17.2. The Labute approximate surface area is 183 Å². The van der Waals surface area contributed by atoms with E-state index in [1.54, 1.807) is 36.4 Å². The van der Waals surface area contributed by atoms with E-state index in [2.05, 4.69) is 11.8 Å². The quantitative estimate of drug-likeness (QED) is 0.260. The second kappa shape index (κ2) is 9.15. The number of halogens is 4. The van der Waals surface area contributed by atoms with Crippen LogP contribution in [0.5, 0.6) is 5.75 Å². The van der Waals surface area contributed by atoms with Gasteiger partial charge in [-0.3, -0.25) is 0 Å². The first-order chi connectivity index (χ1) is 15.4. The molecule has 0 fully saturated rings. The van der Waals surface area contributed by atoms with Gasteiger partial charge in [-0.25, -0.2) is 17.6 Å². The lowest BCUT2D eigenvalue weighted by Crippen LogP contribution is -1.97. The van der Waals surface area contributed by atoms with Crippen LogP contribution in [0, 0.1) is 35.1 Å². The van der Waals surface area contributed by atoms with Crippen molar-refractivity contribution < 1.29 is 22.3 Å². The van der Waals surface area contributed by atoms with E-state index in [0.29, 0.717) is 35.1 Å². The first-order valence-corrected chi connectivity index (χ1v) is 9.95. The Hall–Kier alpha value is -3.78. The zero-order chi connectivity index (χ0) is 22.7. The van der Waals surface area contributed by atoms with E-state index >= 15 is 0 Å². The van der Waals surface area contributed by atoms with Crippen LogP contribution in [0.25, 0.3) is 10.8 Å². The van der Waals surface area contributed by atoms with Crippen molar-refractivity contribution in [1.82, 2.24) is 0 Å². The van der Waals surface area contributed by atoms with E-state index in [0.717, 1.165) is 11.6 Å². The summed E-state index contributed by atoms with van der Waals surface area (Å²) in [6.45, 7) is 0. The molecule has 0 radical (unpaired) electrons. The molecule has 32 heavy (non-hydrogen) atoms. The van der Waals surface area contributed by atoms with Gasteiger partial charge in [0.2, 0.25) is 0 Å². The van der Waals surface area contributed by atoms with Gasteiger partial charge in [-0.05, 0) is 65.8 Å². The van der Waals surface area contributed by atoms with E-state index in [4.69, 9.17) is 4.74 Å². The summed E-state index contributed by atoms with van der Waals surface area (Å²) in [5.41, 5.74) is 2.03. The van der Waals surface area contributed by atoms with E-state index < -0.39 is 17.5 Å². The highest BCUT2D eigenvalue weighted by Gasteiger charge is 2.08. The molecule has 0 spiro atoms. The molecule has 0 aliphatic carbocycles. The minimum atomic E-state index is -0.909. The first kappa shape index (κ1) is 21.5. The number of aryl methyl sites for hydroxylation is 2. The number of fused-ring (bicyclic) bond motifs is 1. The SMILES string of the molecule is COc1ccc(CCc2ccc(C#Cc3ccc4c(F)c(F)ccc4c3)c(F)c2)c(F)c1. The summed E-state index contributed by atoms with van der Waals surface area (Å²) in [5.74, 6) is 3.44. The van der Waals surface area contributed by atoms with E-state index in [1.807, 2.05) is 0 Å². The molecule has 0 aliphatic heterocycles. The third kappa shape index (κ3) is 4.60. The molecule has 0 amide bonds. The fourth-order valence-electron chi connectivity index (χ4n) is 3.43. The average Bonchev–Trinajstić information content (AvgIpc) is 2.80. The van der Waals surface area contributed by atoms with Crippen LogP contribution in [0.2, 0.25) is 0 Å². The molecule has 0 unspecified atom stereocenters. The molecule has 0 N–H and O–H groups in total. The molecular formula is C27H18F4O. The van der Waals surface area contributed by atoms with Crippen molar-refractivity contribution in [2.45, 2.75) is 12.8 Å².